The van der Waals surface area contributed by atoms with Gasteiger partial charge in [0.15, 0.2) is 0 Å². The highest BCUT2D eigenvalue weighted by atomic mass is 16.5. The molecular weight excluding hydrogens is 228 g/mol. The lowest BCUT2D eigenvalue weighted by Gasteiger charge is -2.20. The molecule has 2 atom stereocenters. The molecule has 2 N–H and O–H groups in total. The number of rotatable bonds is 4. The predicted molar refractivity (Wildman–Crippen MR) is 68.8 cm³/mol. The van der Waals surface area contributed by atoms with Crippen LogP contribution in [0.1, 0.15) is 32.6 Å². The van der Waals surface area contributed by atoms with E-state index in [0.29, 0.717) is 17.6 Å². The summed E-state index contributed by atoms with van der Waals surface area (Å²) in [5.74, 6) is 1.58. The number of nitrogens with zero attached hydrogens (tertiary/aromatic N) is 3. The lowest BCUT2D eigenvalue weighted by Crippen LogP contribution is -2.28. The van der Waals surface area contributed by atoms with Crippen molar-refractivity contribution in [3.8, 4) is 11.4 Å². The van der Waals surface area contributed by atoms with E-state index in [9.17, 15) is 0 Å². The van der Waals surface area contributed by atoms with Gasteiger partial charge in [-0.3, -0.25) is 4.98 Å². The molecule has 0 aliphatic rings. The zero-order valence-electron chi connectivity index (χ0n) is 10.9. The second-order valence-corrected chi connectivity index (χ2v) is 4.83. The van der Waals surface area contributed by atoms with Gasteiger partial charge in [-0.1, -0.05) is 19.0 Å². The predicted octanol–water partition coefficient (Wildman–Crippen LogP) is 2.22. The third-order valence-electron chi connectivity index (χ3n) is 2.93. The molecule has 0 aliphatic carbocycles. The van der Waals surface area contributed by atoms with Gasteiger partial charge < -0.3 is 10.3 Å². The second-order valence-electron chi connectivity index (χ2n) is 4.83. The minimum Gasteiger partial charge on any atom is -0.339 e. The largest absolute Gasteiger partial charge is 0.339 e. The number of pyridine rings is 1. The van der Waals surface area contributed by atoms with Crippen LogP contribution in [-0.2, 0) is 0 Å². The first-order chi connectivity index (χ1) is 8.59. The fourth-order valence-electron chi connectivity index (χ4n) is 2.10. The normalized spacial score (nSPS) is 14.7. The van der Waals surface area contributed by atoms with Gasteiger partial charge in [-0.25, -0.2) is 0 Å². The van der Waals surface area contributed by atoms with Crippen molar-refractivity contribution in [3.63, 3.8) is 0 Å². The Bertz CT molecular complexity index is 485. The Kier molecular flexibility index (Phi) is 3.72. The smallest absolute Gasteiger partial charge is 0.231 e. The van der Waals surface area contributed by atoms with Gasteiger partial charge in [-0.05, 0) is 25.0 Å². The number of aromatic nitrogens is 3. The Morgan fingerprint density at radius 1 is 1.28 bits per heavy atom. The van der Waals surface area contributed by atoms with Crippen molar-refractivity contribution in [2.24, 2.45) is 11.7 Å². The van der Waals surface area contributed by atoms with Gasteiger partial charge in [-0.2, -0.15) is 4.98 Å². The van der Waals surface area contributed by atoms with Gasteiger partial charge in [0.25, 0.3) is 0 Å². The van der Waals surface area contributed by atoms with E-state index in [4.69, 9.17) is 10.3 Å². The molecule has 5 nitrogen and oxygen atoms in total. The minimum absolute atomic E-state index is 0.0211. The van der Waals surface area contributed by atoms with Gasteiger partial charge in [0.05, 0.1) is 5.92 Å². The molecule has 0 saturated carbocycles. The number of hydrogen-bond acceptors (Lipinski definition) is 5. The second kappa shape index (κ2) is 5.27. The van der Waals surface area contributed by atoms with E-state index in [-0.39, 0.29) is 12.0 Å². The maximum absolute atomic E-state index is 5.98. The van der Waals surface area contributed by atoms with Gasteiger partial charge in [0.2, 0.25) is 11.7 Å². The maximum Gasteiger partial charge on any atom is 0.231 e. The average Bonchev–Trinajstić information content (AvgIpc) is 2.78. The van der Waals surface area contributed by atoms with Crippen LogP contribution in [-0.4, -0.2) is 21.2 Å². The highest BCUT2D eigenvalue weighted by Crippen LogP contribution is 2.27. The number of nitrogens with two attached hydrogens (primary N) is 1. The fraction of sp³-hybridized carbons (Fsp3) is 0.462. The van der Waals surface area contributed by atoms with E-state index in [0.717, 1.165) is 5.56 Å². The molecule has 0 saturated heterocycles. The molecule has 96 valence electrons. The van der Waals surface area contributed by atoms with Crippen molar-refractivity contribution in [2.75, 3.05) is 0 Å². The SMILES string of the molecule is CC(C)C(c1nc(-c2cccnc2)no1)C(C)N. The van der Waals surface area contributed by atoms with E-state index in [1.165, 1.54) is 0 Å². The molecule has 0 fully saturated rings. The Morgan fingerprint density at radius 2 is 2.06 bits per heavy atom. The average molecular weight is 246 g/mol. The van der Waals surface area contributed by atoms with Crippen molar-refractivity contribution in [1.29, 1.82) is 0 Å². The molecule has 0 amide bonds. The van der Waals surface area contributed by atoms with Crippen LogP contribution in [0.4, 0.5) is 0 Å². The van der Waals surface area contributed by atoms with Crippen LogP contribution in [0.3, 0.4) is 0 Å². The van der Waals surface area contributed by atoms with Crippen LogP contribution in [0.2, 0.25) is 0 Å². The van der Waals surface area contributed by atoms with Crippen LogP contribution >= 0.6 is 0 Å². The van der Waals surface area contributed by atoms with Crippen LogP contribution in [0, 0.1) is 5.92 Å². The summed E-state index contributed by atoms with van der Waals surface area (Å²) in [6.07, 6.45) is 3.42. The molecule has 5 heteroatoms. The number of hydrogen-bond donors (Lipinski definition) is 1. The van der Waals surface area contributed by atoms with E-state index in [1.54, 1.807) is 12.4 Å². The monoisotopic (exact) mass is 246 g/mol. The third kappa shape index (κ3) is 2.56. The summed E-state index contributed by atoms with van der Waals surface area (Å²) in [4.78, 5) is 8.46. The molecule has 0 spiro atoms. The minimum atomic E-state index is -0.0211. The van der Waals surface area contributed by atoms with Crippen molar-refractivity contribution >= 4 is 0 Å². The molecule has 0 aromatic carbocycles. The van der Waals surface area contributed by atoms with Gasteiger partial charge in [-0.15, -0.1) is 0 Å². The highest BCUT2D eigenvalue weighted by Gasteiger charge is 2.26. The van der Waals surface area contributed by atoms with Crippen LogP contribution in [0.5, 0.6) is 0 Å². The van der Waals surface area contributed by atoms with Crippen molar-refractivity contribution < 1.29 is 4.52 Å². The van der Waals surface area contributed by atoms with Crippen molar-refractivity contribution in [3.05, 3.63) is 30.4 Å². The zero-order chi connectivity index (χ0) is 13.1. The summed E-state index contributed by atoms with van der Waals surface area (Å²) in [5.41, 5.74) is 6.82. The maximum atomic E-state index is 5.98. The Hall–Kier alpha value is -1.75. The third-order valence-corrected chi connectivity index (χ3v) is 2.93. The van der Waals surface area contributed by atoms with Gasteiger partial charge in [0.1, 0.15) is 0 Å². The summed E-state index contributed by atoms with van der Waals surface area (Å²) in [5, 5.41) is 3.99. The Balaban J connectivity index is 2.30. The van der Waals surface area contributed by atoms with Crippen LogP contribution in [0.15, 0.2) is 29.0 Å². The molecule has 2 unspecified atom stereocenters. The topological polar surface area (TPSA) is 77.8 Å². The van der Waals surface area contributed by atoms with Gasteiger partial charge >= 0.3 is 0 Å². The lowest BCUT2D eigenvalue weighted by atomic mass is 9.90. The van der Waals surface area contributed by atoms with E-state index in [2.05, 4.69) is 29.0 Å². The summed E-state index contributed by atoms with van der Waals surface area (Å²) in [6, 6.07) is 3.72. The lowest BCUT2D eigenvalue weighted by molar-refractivity contribution is 0.300. The standard InChI is InChI=1S/C13H18N4O/c1-8(2)11(9(3)14)13-16-12(17-18-13)10-5-4-6-15-7-10/h4-9,11H,14H2,1-3H3. The first-order valence-electron chi connectivity index (χ1n) is 6.09. The van der Waals surface area contributed by atoms with Crippen LogP contribution in [0.25, 0.3) is 11.4 Å². The summed E-state index contributed by atoms with van der Waals surface area (Å²) in [6.45, 7) is 6.16. The molecule has 2 heterocycles. The first kappa shape index (κ1) is 12.7. The Labute approximate surface area is 106 Å². The van der Waals surface area contributed by atoms with Crippen molar-refractivity contribution in [1.82, 2.24) is 15.1 Å². The van der Waals surface area contributed by atoms with Crippen molar-refractivity contribution in [2.45, 2.75) is 32.7 Å². The molecule has 2 rings (SSSR count). The van der Waals surface area contributed by atoms with E-state index >= 15 is 0 Å². The molecule has 2 aromatic heterocycles. The quantitative estimate of drug-likeness (QED) is 0.894. The fourth-order valence-corrected chi connectivity index (χ4v) is 2.10. The Morgan fingerprint density at radius 3 is 2.61 bits per heavy atom. The van der Waals surface area contributed by atoms with E-state index < -0.39 is 0 Å². The highest BCUT2D eigenvalue weighted by molar-refractivity contribution is 5.51. The first-order valence-corrected chi connectivity index (χ1v) is 6.09. The zero-order valence-corrected chi connectivity index (χ0v) is 10.9. The van der Waals surface area contributed by atoms with Gasteiger partial charge in [0, 0.05) is 24.0 Å². The summed E-state index contributed by atoms with van der Waals surface area (Å²) < 4.78 is 5.33. The molecular formula is C13H18N4O. The molecule has 0 radical (unpaired) electrons. The summed E-state index contributed by atoms with van der Waals surface area (Å²) in [7, 11) is 0. The van der Waals surface area contributed by atoms with E-state index in [1.807, 2.05) is 19.1 Å². The molecule has 0 aliphatic heterocycles. The van der Waals surface area contributed by atoms with Crippen LogP contribution < -0.4 is 5.73 Å². The summed E-state index contributed by atoms with van der Waals surface area (Å²) >= 11 is 0. The molecule has 2 aromatic rings. The molecule has 18 heavy (non-hydrogen) atoms. The molecule has 0 bridgehead atoms.